The first-order chi connectivity index (χ1) is 13.2. The van der Waals surface area contributed by atoms with E-state index in [0.717, 1.165) is 27.7 Å². The number of carbonyl (C=O) groups excluding carboxylic acids is 1. The van der Waals surface area contributed by atoms with Gasteiger partial charge >= 0.3 is 5.97 Å². The van der Waals surface area contributed by atoms with Crippen LogP contribution in [0.15, 0.2) is 48.8 Å². The van der Waals surface area contributed by atoms with E-state index in [1.165, 1.54) is 13.4 Å². The van der Waals surface area contributed by atoms with Crippen LogP contribution in [-0.4, -0.2) is 42.2 Å². The molecule has 2 aromatic heterocycles. The number of rotatable bonds is 4. The summed E-state index contributed by atoms with van der Waals surface area (Å²) < 4.78 is 10.4. The van der Waals surface area contributed by atoms with E-state index in [9.17, 15) is 4.79 Å². The Kier molecular flexibility index (Phi) is 4.12. The normalized spacial score (nSPS) is 10.9. The van der Waals surface area contributed by atoms with Crippen LogP contribution in [0.4, 0.5) is 11.5 Å². The van der Waals surface area contributed by atoms with Crippen LogP contribution in [0, 0.1) is 0 Å². The molecule has 0 aliphatic rings. The van der Waals surface area contributed by atoms with Crippen molar-refractivity contribution in [2.24, 2.45) is 0 Å². The molecule has 0 radical (unpaired) electrons. The molecular weight excluding hydrogens is 344 g/mol. The molecule has 0 saturated heterocycles. The van der Waals surface area contributed by atoms with Gasteiger partial charge < -0.3 is 19.4 Å². The molecule has 0 atom stereocenters. The molecule has 0 saturated carbocycles. The number of nitrogens with zero attached hydrogens (tertiary/aromatic N) is 3. The second kappa shape index (κ2) is 6.60. The lowest BCUT2D eigenvalue weighted by Gasteiger charge is -2.21. The fraction of sp³-hybridized carbons (Fsp3) is 0.150. The van der Waals surface area contributed by atoms with Gasteiger partial charge in [0.1, 0.15) is 23.1 Å². The molecule has 2 aromatic carbocycles. The van der Waals surface area contributed by atoms with E-state index >= 15 is 0 Å². The molecule has 0 spiro atoms. The van der Waals surface area contributed by atoms with Crippen LogP contribution in [0.3, 0.4) is 0 Å². The Morgan fingerprint density at radius 2 is 1.89 bits per heavy atom. The summed E-state index contributed by atoms with van der Waals surface area (Å²) in [5.41, 5.74) is 3.58. The number of aromatic nitrogens is 3. The predicted molar refractivity (Wildman–Crippen MR) is 104 cm³/mol. The Morgan fingerprint density at radius 1 is 1.07 bits per heavy atom. The number of fused-ring (bicyclic) bond motifs is 3. The summed E-state index contributed by atoms with van der Waals surface area (Å²) in [4.78, 5) is 26.3. The molecule has 7 nitrogen and oxygen atoms in total. The average molecular weight is 362 g/mol. The van der Waals surface area contributed by atoms with E-state index in [0.29, 0.717) is 17.1 Å². The number of hydrogen-bond acceptors (Lipinski definition) is 6. The number of aromatic amines is 1. The second-order valence-electron chi connectivity index (χ2n) is 6.00. The van der Waals surface area contributed by atoms with Gasteiger partial charge in [0, 0.05) is 7.05 Å². The third-order valence-corrected chi connectivity index (χ3v) is 4.56. The molecule has 0 aliphatic heterocycles. The Hall–Kier alpha value is -3.61. The SMILES string of the molecule is COC(=O)c1ccccc1N(C)c1ncnc2c1[nH]c1cccc(OC)c12. The lowest BCUT2D eigenvalue weighted by molar-refractivity contribution is 0.0601. The van der Waals surface area contributed by atoms with Crippen LogP contribution >= 0.6 is 0 Å². The highest BCUT2D eigenvalue weighted by Gasteiger charge is 2.20. The summed E-state index contributed by atoms with van der Waals surface area (Å²) >= 11 is 0. The van der Waals surface area contributed by atoms with Crippen molar-refractivity contribution in [3.63, 3.8) is 0 Å². The maximum Gasteiger partial charge on any atom is 0.339 e. The largest absolute Gasteiger partial charge is 0.496 e. The fourth-order valence-corrected chi connectivity index (χ4v) is 3.28. The fourth-order valence-electron chi connectivity index (χ4n) is 3.28. The van der Waals surface area contributed by atoms with Crippen LogP contribution < -0.4 is 9.64 Å². The lowest BCUT2D eigenvalue weighted by Crippen LogP contribution is -2.16. The lowest BCUT2D eigenvalue weighted by atomic mass is 10.1. The Bertz CT molecular complexity index is 1150. The highest BCUT2D eigenvalue weighted by atomic mass is 16.5. The van der Waals surface area contributed by atoms with Crippen LogP contribution in [0.1, 0.15) is 10.4 Å². The van der Waals surface area contributed by atoms with Gasteiger partial charge in [0.15, 0.2) is 5.82 Å². The van der Waals surface area contributed by atoms with E-state index < -0.39 is 5.97 Å². The number of methoxy groups -OCH3 is 2. The van der Waals surface area contributed by atoms with Crippen molar-refractivity contribution in [2.45, 2.75) is 0 Å². The minimum atomic E-state index is -0.402. The maximum atomic E-state index is 12.2. The van der Waals surface area contributed by atoms with Crippen molar-refractivity contribution in [3.8, 4) is 5.75 Å². The Balaban J connectivity index is 1.94. The number of carbonyl (C=O) groups is 1. The summed E-state index contributed by atoms with van der Waals surface area (Å²) in [6, 6.07) is 13.0. The van der Waals surface area contributed by atoms with Crippen molar-refractivity contribution in [3.05, 3.63) is 54.4 Å². The molecular formula is C20H18N4O3. The number of para-hydroxylation sites is 1. The summed E-state index contributed by atoms with van der Waals surface area (Å²) in [6.45, 7) is 0. The molecule has 4 aromatic rings. The van der Waals surface area contributed by atoms with E-state index in [4.69, 9.17) is 9.47 Å². The quantitative estimate of drug-likeness (QED) is 0.558. The monoisotopic (exact) mass is 362 g/mol. The van der Waals surface area contributed by atoms with Gasteiger partial charge in [-0.1, -0.05) is 18.2 Å². The first-order valence-electron chi connectivity index (χ1n) is 8.36. The van der Waals surface area contributed by atoms with Crippen molar-refractivity contribution in [1.29, 1.82) is 0 Å². The van der Waals surface area contributed by atoms with E-state index in [2.05, 4.69) is 15.0 Å². The standard InChI is InChI=1S/C20H18N4O3/c1-24(14-9-5-4-7-12(14)20(25)27-3)19-18-17(21-11-22-19)16-13(23-18)8-6-10-15(16)26-2/h4-11,23H,1-3H3. The van der Waals surface area contributed by atoms with Gasteiger partial charge in [0.05, 0.1) is 36.4 Å². The number of esters is 1. The van der Waals surface area contributed by atoms with Gasteiger partial charge in [-0.05, 0) is 24.3 Å². The van der Waals surface area contributed by atoms with Gasteiger partial charge in [-0.25, -0.2) is 14.8 Å². The zero-order valence-electron chi connectivity index (χ0n) is 15.2. The van der Waals surface area contributed by atoms with Crippen molar-refractivity contribution in [2.75, 3.05) is 26.2 Å². The summed E-state index contributed by atoms with van der Waals surface area (Å²) in [7, 11) is 4.85. The third-order valence-electron chi connectivity index (χ3n) is 4.56. The van der Waals surface area contributed by atoms with Crippen molar-refractivity contribution < 1.29 is 14.3 Å². The molecule has 27 heavy (non-hydrogen) atoms. The summed E-state index contributed by atoms with van der Waals surface area (Å²) in [5.74, 6) is 0.983. The van der Waals surface area contributed by atoms with Crippen LogP contribution in [0.5, 0.6) is 5.75 Å². The minimum Gasteiger partial charge on any atom is -0.496 e. The minimum absolute atomic E-state index is 0.402. The van der Waals surface area contributed by atoms with Crippen molar-refractivity contribution >= 4 is 39.4 Å². The summed E-state index contributed by atoms with van der Waals surface area (Å²) in [5, 5.41) is 0.897. The number of ether oxygens (including phenoxy) is 2. The molecule has 4 rings (SSSR count). The highest BCUT2D eigenvalue weighted by molar-refractivity contribution is 6.11. The van der Waals surface area contributed by atoms with Crippen LogP contribution in [0.25, 0.3) is 21.9 Å². The number of nitrogens with one attached hydrogen (secondary N) is 1. The predicted octanol–water partition coefficient (Wildman–Crippen LogP) is 3.67. The van der Waals surface area contributed by atoms with Gasteiger partial charge in [-0.2, -0.15) is 0 Å². The number of anilines is 2. The zero-order valence-corrected chi connectivity index (χ0v) is 15.2. The topological polar surface area (TPSA) is 80.3 Å². The molecule has 0 amide bonds. The van der Waals surface area contributed by atoms with Crippen molar-refractivity contribution in [1.82, 2.24) is 15.0 Å². The van der Waals surface area contributed by atoms with E-state index in [1.54, 1.807) is 19.2 Å². The molecule has 7 heteroatoms. The average Bonchev–Trinajstić information content (AvgIpc) is 3.11. The first kappa shape index (κ1) is 16.8. The molecule has 1 N–H and O–H groups in total. The van der Waals surface area contributed by atoms with E-state index in [-0.39, 0.29) is 0 Å². The Morgan fingerprint density at radius 3 is 2.67 bits per heavy atom. The third kappa shape index (κ3) is 2.64. The first-order valence-corrected chi connectivity index (χ1v) is 8.36. The second-order valence-corrected chi connectivity index (χ2v) is 6.00. The van der Waals surface area contributed by atoms with Crippen LogP contribution in [0.2, 0.25) is 0 Å². The smallest absolute Gasteiger partial charge is 0.339 e. The number of hydrogen-bond donors (Lipinski definition) is 1. The number of H-pyrrole nitrogens is 1. The molecule has 0 unspecified atom stereocenters. The van der Waals surface area contributed by atoms with Gasteiger partial charge in [-0.15, -0.1) is 0 Å². The number of benzene rings is 2. The molecule has 0 bridgehead atoms. The zero-order chi connectivity index (χ0) is 19.0. The van der Waals surface area contributed by atoms with Gasteiger partial charge in [-0.3, -0.25) is 0 Å². The van der Waals surface area contributed by atoms with E-state index in [1.807, 2.05) is 42.3 Å². The van der Waals surface area contributed by atoms with Crippen LogP contribution in [-0.2, 0) is 4.74 Å². The molecule has 0 aliphatic carbocycles. The Labute approximate surface area is 155 Å². The summed E-state index contributed by atoms with van der Waals surface area (Å²) in [6.07, 6.45) is 1.51. The van der Waals surface area contributed by atoms with Gasteiger partial charge in [0.25, 0.3) is 0 Å². The molecule has 2 heterocycles. The highest BCUT2D eigenvalue weighted by Crippen LogP contribution is 2.36. The molecule has 0 fully saturated rings. The molecule has 136 valence electrons. The maximum absolute atomic E-state index is 12.2. The van der Waals surface area contributed by atoms with Gasteiger partial charge in [0.2, 0.25) is 0 Å².